The van der Waals surface area contributed by atoms with E-state index < -0.39 is 30.8 Å². The van der Waals surface area contributed by atoms with E-state index in [4.69, 9.17) is 11.6 Å². The number of hydrogen-bond acceptors (Lipinski definition) is 3. The fourth-order valence-corrected chi connectivity index (χ4v) is 3.01. The van der Waals surface area contributed by atoms with E-state index in [1.807, 2.05) is 4.90 Å². The van der Waals surface area contributed by atoms with E-state index in [1.54, 1.807) is 0 Å². The SMILES string of the molecule is Cl.FC(F)(F)CC[C@H](c1ccc(OC(F)(F)F)c(Cl)c1)N1CCNCC1. The third-order valence-corrected chi connectivity index (χ3v) is 4.16. The highest BCUT2D eigenvalue weighted by Crippen LogP contribution is 2.36. The van der Waals surface area contributed by atoms with E-state index in [1.165, 1.54) is 12.1 Å². The van der Waals surface area contributed by atoms with E-state index in [9.17, 15) is 26.3 Å². The summed E-state index contributed by atoms with van der Waals surface area (Å²) in [6.45, 7) is 2.35. The quantitative estimate of drug-likeness (QED) is 0.674. The summed E-state index contributed by atoms with van der Waals surface area (Å²) in [4.78, 5) is 1.87. The lowest BCUT2D eigenvalue weighted by atomic mass is 9.99. The van der Waals surface area contributed by atoms with E-state index in [0.29, 0.717) is 31.7 Å². The molecule has 2 rings (SSSR count). The smallest absolute Gasteiger partial charge is 0.404 e. The van der Waals surface area contributed by atoms with Gasteiger partial charge in [0.2, 0.25) is 0 Å². The molecule has 1 aromatic rings. The molecule has 0 unspecified atom stereocenters. The van der Waals surface area contributed by atoms with Gasteiger partial charge in [0, 0.05) is 38.6 Å². The summed E-state index contributed by atoms with van der Waals surface area (Å²) in [6, 6.07) is 3.02. The Labute approximate surface area is 158 Å². The Balaban J connectivity index is 0.00000338. The summed E-state index contributed by atoms with van der Waals surface area (Å²) in [5.41, 5.74) is 0.436. The Morgan fingerprint density at radius 1 is 1.12 bits per heavy atom. The summed E-state index contributed by atoms with van der Waals surface area (Å²) >= 11 is 5.83. The monoisotopic (exact) mass is 426 g/mol. The average molecular weight is 427 g/mol. The number of ether oxygens (including phenoxy) is 1. The molecule has 1 heterocycles. The van der Waals surface area contributed by atoms with Crippen LogP contribution in [0.5, 0.6) is 5.75 Å². The maximum absolute atomic E-state index is 12.6. The van der Waals surface area contributed by atoms with Gasteiger partial charge in [-0.1, -0.05) is 17.7 Å². The Morgan fingerprint density at radius 2 is 1.73 bits per heavy atom. The van der Waals surface area contributed by atoms with E-state index in [2.05, 4.69) is 10.1 Å². The van der Waals surface area contributed by atoms with Crippen molar-refractivity contribution in [2.45, 2.75) is 31.4 Å². The Morgan fingerprint density at radius 3 is 2.23 bits per heavy atom. The van der Waals surface area contributed by atoms with Crippen molar-refractivity contribution in [3.05, 3.63) is 28.8 Å². The normalized spacial score (nSPS) is 17.5. The van der Waals surface area contributed by atoms with Gasteiger partial charge in [0.15, 0.2) is 0 Å². The predicted octanol–water partition coefficient (Wildman–Crippen LogP) is 4.95. The molecule has 1 saturated heterocycles. The summed E-state index contributed by atoms with van der Waals surface area (Å²) in [5, 5.41) is 2.81. The highest BCUT2D eigenvalue weighted by molar-refractivity contribution is 6.32. The van der Waals surface area contributed by atoms with Crippen LogP contribution < -0.4 is 10.1 Å². The van der Waals surface area contributed by atoms with Crippen LogP contribution in [0.1, 0.15) is 24.4 Å². The first-order valence-corrected chi connectivity index (χ1v) is 8.00. The van der Waals surface area contributed by atoms with E-state index in [0.717, 1.165) is 6.07 Å². The molecule has 1 fully saturated rings. The maximum Gasteiger partial charge on any atom is 0.573 e. The molecule has 11 heteroatoms. The molecule has 150 valence electrons. The number of nitrogens with zero attached hydrogens (tertiary/aromatic N) is 1. The first kappa shape index (κ1) is 23.1. The van der Waals surface area contributed by atoms with Gasteiger partial charge in [0.25, 0.3) is 0 Å². The molecule has 1 atom stereocenters. The lowest BCUT2D eigenvalue weighted by Gasteiger charge is -2.35. The topological polar surface area (TPSA) is 24.5 Å². The minimum atomic E-state index is -4.89. The number of alkyl halides is 6. The highest BCUT2D eigenvalue weighted by Gasteiger charge is 2.33. The van der Waals surface area contributed by atoms with Crippen molar-refractivity contribution in [1.29, 1.82) is 0 Å². The molecule has 0 radical (unpaired) electrons. The lowest BCUT2D eigenvalue weighted by molar-refractivity contribution is -0.274. The molecule has 1 aromatic carbocycles. The van der Waals surface area contributed by atoms with Crippen LogP contribution in [0.4, 0.5) is 26.3 Å². The average Bonchev–Trinajstić information content (AvgIpc) is 2.49. The molecule has 26 heavy (non-hydrogen) atoms. The fourth-order valence-electron chi connectivity index (χ4n) is 2.79. The molecule has 0 bridgehead atoms. The molecule has 0 aromatic heterocycles. The number of halogens is 8. The number of nitrogens with one attached hydrogen (secondary N) is 1. The second kappa shape index (κ2) is 9.34. The molecular formula is C15H18Cl2F6N2O. The summed E-state index contributed by atoms with van der Waals surface area (Å²) in [6.07, 6.45) is -10.4. The third-order valence-electron chi connectivity index (χ3n) is 3.86. The zero-order chi connectivity index (χ0) is 18.7. The molecule has 0 aliphatic carbocycles. The summed E-state index contributed by atoms with van der Waals surface area (Å²) < 4.78 is 78.6. The van der Waals surface area contributed by atoms with Gasteiger partial charge in [-0.3, -0.25) is 4.90 Å². The Kier molecular flexibility index (Phi) is 8.32. The van der Waals surface area contributed by atoms with Gasteiger partial charge in [-0.2, -0.15) is 13.2 Å². The molecule has 0 spiro atoms. The van der Waals surface area contributed by atoms with Crippen molar-refractivity contribution in [2.24, 2.45) is 0 Å². The number of hydrogen-bond donors (Lipinski definition) is 1. The maximum atomic E-state index is 12.6. The summed E-state index contributed by atoms with van der Waals surface area (Å²) in [7, 11) is 0. The zero-order valence-corrected chi connectivity index (χ0v) is 15.0. The molecule has 0 amide bonds. The van der Waals surface area contributed by atoms with Gasteiger partial charge in [-0.05, 0) is 24.1 Å². The third kappa shape index (κ3) is 7.38. The van der Waals surface area contributed by atoms with Crippen molar-refractivity contribution in [1.82, 2.24) is 10.2 Å². The number of rotatable bonds is 5. The highest BCUT2D eigenvalue weighted by atomic mass is 35.5. The van der Waals surface area contributed by atoms with Crippen molar-refractivity contribution in [2.75, 3.05) is 26.2 Å². The first-order valence-electron chi connectivity index (χ1n) is 7.62. The molecule has 1 aliphatic heterocycles. The number of benzene rings is 1. The van der Waals surface area contributed by atoms with Crippen LogP contribution in [0.25, 0.3) is 0 Å². The van der Waals surface area contributed by atoms with E-state index >= 15 is 0 Å². The van der Waals surface area contributed by atoms with Crippen LogP contribution in [0.15, 0.2) is 18.2 Å². The lowest BCUT2D eigenvalue weighted by Crippen LogP contribution is -2.45. The van der Waals surface area contributed by atoms with Crippen molar-refractivity contribution < 1.29 is 31.1 Å². The Bertz CT molecular complexity index is 576. The van der Waals surface area contributed by atoms with Crippen LogP contribution in [-0.4, -0.2) is 43.6 Å². The van der Waals surface area contributed by atoms with Crippen molar-refractivity contribution in [3.8, 4) is 5.75 Å². The minimum absolute atomic E-state index is 0. The van der Waals surface area contributed by atoms with Gasteiger partial charge in [-0.25, -0.2) is 0 Å². The molecule has 3 nitrogen and oxygen atoms in total. The second-order valence-corrected chi connectivity index (χ2v) is 6.10. The largest absolute Gasteiger partial charge is 0.573 e. The molecule has 0 saturated carbocycles. The Hall–Kier alpha value is -0.900. The van der Waals surface area contributed by atoms with Crippen molar-refractivity contribution in [3.63, 3.8) is 0 Å². The minimum Gasteiger partial charge on any atom is -0.404 e. The zero-order valence-electron chi connectivity index (χ0n) is 13.5. The summed E-state index contributed by atoms with van der Waals surface area (Å²) in [5.74, 6) is -0.576. The predicted molar refractivity (Wildman–Crippen MR) is 87.9 cm³/mol. The molecule has 1 aliphatic rings. The second-order valence-electron chi connectivity index (χ2n) is 5.69. The fraction of sp³-hybridized carbons (Fsp3) is 0.600. The van der Waals surface area contributed by atoms with Crippen LogP contribution in [0.3, 0.4) is 0 Å². The van der Waals surface area contributed by atoms with Crippen LogP contribution in [0, 0.1) is 0 Å². The van der Waals surface area contributed by atoms with Gasteiger partial charge in [0.05, 0.1) is 5.02 Å². The van der Waals surface area contributed by atoms with Crippen molar-refractivity contribution >= 4 is 24.0 Å². The van der Waals surface area contributed by atoms with E-state index in [-0.39, 0.29) is 23.9 Å². The molecule has 1 N–H and O–H groups in total. The number of piperazine rings is 1. The van der Waals surface area contributed by atoms with Crippen LogP contribution >= 0.6 is 24.0 Å². The standard InChI is InChI=1S/C15H17ClF6N2O.ClH/c16-11-9-10(1-2-13(11)25-15(20,21)22)12(3-4-14(17,18)19)24-7-5-23-6-8-24;/h1-2,9,12,23H,3-8H2;1H/t12-;/m1./s1. The van der Waals surface area contributed by atoms with Gasteiger partial charge in [0.1, 0.15) is 5.75 Å². The van der Waals surface area contributed by atoms with Gasteiger partial charge in [-0.15, -0.1) is 25.6 Å². The van der Waals surface area contributed by atoms with Gasteiger partial charge >= 0.3 is 12.5 Å². The molecular weight excluding hydrogens is 409 g/mol. The van der Waals surface area contributed by atoms with Crippen LogP contribution in [0.2, 0.25) is 5.02 Å². The first-order chi connectivity index (χ1) is 11.6. The van der Waals surface area contributed by atoms with Gasteiger partial charge < -0.3 is 10.1 Å². The van der Waals surface area contributed by atoms with Crippen LogP contribution in [-0.2, 0) is 0 Å².